The van der Waals surface area contributed by atoms with Crippen molar-refractivity contribution in [2.75, 3.05) is 11.6 Å². The SMILES string of the molecule is O=CC1CCN(c2ccc(F)c(Cl)c2)N1. The number of benzene rings is 1. The number of nitrogens with one attached hydrogen (secondary N) is 1. The Bertz CT molecular complexity index is 386. The van der Waals surface area contributed by atoms with Crippen molar-refractivity contribution in [3.63, 3.8) is 0 Å². The van der Waals surface area contributed by atoms with E-state index in [2.05, 4.69) is 5.43 Å². The summed E-state index contributed by atoms with van der Waals surface area (Å²) in [4.78, 5) is 10.5. The van der Waals surface area contributed by atoms with Crippen LogP contribution in [0.1, 0.15) is 6.42 Å². The number of aldehydes is 1. The van der Waals surface area contributed by atoms with E-state index in [4.69, 9.17) is 11.6 Å². The van der Waals surface area contributed by atoms with E-state index in [0.717, 1.165) is 18.4 Å². The molecule has 0 spiro atoms. The van der Waals surface area contributed by atoms with E-state index in [1.165, 1.54) is 12.1 Å². The van der Waals surface area contributed by atoms with E-state index in [1.54, 1.807) is 11.1 Å². The first-order chi connectivity index (χ1) is 7.20. The van der Waals surface area contributed by atoms with Gasteiger partial charge in [-0.2, -0.15) is 0 Å². The van der Waals surface area contributed by atoms with E-state index in [-0.39, 0.29) is 11.1 Å². The third-order valence-electron chi connectivity index (χ3n) is 2.36. The van der Waals surface area contributed by atoms with Crippen LogP contribution in [0.5, 0.6) is 0 Å². The molecule has 0 saturated carbocycles. The van der Waals surface area contributed by atoms with Crippen molar-refractivity contribution in [3.05, 3.63) is 29.0 Å². The Balaban J connectivity index is 2.17. The maximum Gasteiger partial charge on any atom is 0.141 e. The lowest BCUT2D eigenvalue weighted by Gasteiger charge is -2.18. The molecule has 1 aromatic carbocycles. The number of hydrogen-bond acceptors (Lipinski definition) is 3. The molecule has 0 aromatic heterocycles. The van der Waals surface area contributed by atoms with Crippen LogP contribution < -0.4 is 10.4 Å². The van der Waals surface area contributed by atoms with Crippen LogP contribution in [0, 0.1) is 5.82 Å². The van der Waals surface area contributed by atoms with Gasteiger partial charge in [0.2, 0.25) is 0 Å². The van der Waals surface area contributed by atoms with Crippen LogP contribution in [0.15, 0.2) is 18.2 Å². The van der Waals surface area contributed by atoms with Crippen molar-refractivity contribution in [1.29, 1.82) is 0 Å². The van der Waals surface area contributed by atoms with Gasteiger partial charge in [0.25, 0.3) is 0 Å². The molecule has 1 aliphatic rings. The van der Waals surface area contributed by atoms with Crippen LogP contribution in [0.4, 0.5) is 10.1 Å². The van der Waals surface area contributed by atoms with Crippen LogP contribution in [0.25, 0.3) is 0 Å². The lowest BCUT2D eigenvalue weighted by molar-refractivity contribution is -0.109. The number of hydrazine groups is 1. The zero-order chi connectivity index (χ0) is 10.8. The summed E-state index contributed by atoms with van der Waals surface area (Å²) in [6, 6.07) is 4.32. The van der Waals surface area contributed by atoms with Gasteiger partial charge in [-0.25, -0.2) is 9.82 Å². The monoisotopic (exact) mass is 228 g/mol. The van der Waals surface area contributed by atoms with E-state index in [9.17, 15) is 9.18 Å². The Morgan fingerprint density at radius 2 is 2.40 bits per heavy atom. The van der Waals surface area contributed by atoms with Crippen LogP contribution in [0.3, 0.4) is 0 Å². The van der Waals surface area contributed by atoms with Gasteiger partial charge in [-0.15, -0.1) is 0 Å². The fourth-order valence-corrected chi connectivity index (χ4v) is 1.73. The third kappa shape index (κ3) is 2.11. The number of anilines is 1. The first-order valence-electron chi connectivity index (χ1n) is 4.65. The Morgan fingerprint density at radius 3 is 3.00 bits per heavy atom. The zero-order valence-electron chi connectivity index (χ0n) is 7.91. The fourth-order valence-electron chi connectivity index (χ4n) is 1.55. The lowest BCUT2D eigenvalue weighted by Crippen LogP contribution is -2.36. The zero-order valence-corrected chi connectivity index (χ0v) is 8.67. The van der Waals surface area contributed by atoms with Crippen molar-refractivity contribution < 1.29 is 9.18 Å². The van der Waals surface area contributed by atoms with E-state index < -0.39 is 5.82 Å². The molecule has 1 heterocycles. The minimum Gasteiger partial charge on any atom is -0.308 e. The van der Waals surface area contributed by atoms with Gasteiger partial charge in [-0.05, 0) is 24.6 Å². The van der Waals surface area contributed by atoms with Gasteiger partial charge >= 0.3 is 0 Å². The Labute approximate surface area is 91.8 Å². The summed E-state index contributed by atoms with van der Waals surface area (Å²) in [7, 11) is 0. The van der Waals surface area contributed by atoms with Crippen LogP contribution in [0.2, 0.25) is 5.02 Å². The average molecular weight is 229 g/mol. The highest BCUT2D eigenvalue weighted by molar-refractivity contribution is 6.31. The lowest BCUT2D eigenvalue weighted by atomic mass is 10.2. The predicted octanol–water partition coefficient (Wildman–Crippen LogP) is 1.76. The molecule has 1 unspecified atom stereocenters. The summed E-state index contributed by atoms with van der Waals surface area (Å²) in [5.74, 6) is -0.438. The summed E-state index contributed by atoms with van der Waals surface area (Å²) in [6.07, 6.45) is 1.61. The second-order valence-corrected chi connectivity index (χ2v) is 3.82. The predicted molar refractivity (Wildman–Crippen MR) is 56.4 cm³/mol. The standard InChI is InChI=1S/C10H10ClFN2O/c11-9-5-8(1-2-10(9)12)14-4-3-7(6-15)13-14/h1-2,5-7,13H,3-4H2. The Kier molecular flexibility index (Phi) is 2.88. The molecule has 1 fully saturated rings. The number of halogens is 2. The van der Waals surface area contributed by atoms with Crippen molar-refractivity contribution in [3.8, 4) is 0 Å². The third-order valence-corrected chi connectivity index (χ3v) is 2.65. The highest BCUT2D eigenvalue weighted by atomic mass is 35.5. The largest absolute Gasteiger partial charge is 0.308 e. The molecule has 0 radical (unpaired) electrons. The topological polar surface area (TPSA) is 32.3 Å². The molecule has 1 aliphatic heterocycles. The number of rotatable bonds is 2. The van der Waals surface area contributed by atoms with Crippen LogP contribution in [-0.2, 0) is 4.79 Å². The molecular weight excluding hydrogens is 219 g/mol. The van der Waals surface area contributed by atoms with E-state index in [1.807, 2.05) is 0 Å². The molecule has 1 atom stereocenters. The molecular formula is C10H10ClFN2O. The molecule has 80 valence electrons. The van der Waals surface area contributed by atoms with Gasteiger partial charge in [0, 0.05) is 6.54 Å². The normalized spacial score (nSPS) is 20.7. The Hall–Kier alpha value is -1.13. The molecule has 1 saturated heterocycles. The van der Waals surface area contributed by atoms with Crippen molar-refractivity contribution in [2.45, 2.75) is 12.5 Å². The number of carbonyl (C=O) groups is 1. The molecule has 2 rings (SSSR count). The highest BCUT2D eigenvalue weighted by Crippen LogP contribution is 2.23. The van der Waals surface area contributed by atoms with E-state index in [0.29, 0.717) is 6.54 Å². The molecule has 3 nitrogen and oxygen atoms in total. The average Bonchev–Trinajstić information content (AvgIpc) is 2.70. The van der Waals surface area contributed by atoms with Gasteiger partial charge in [0.05, 0.1) is 16.8 Å². The Morgan fingerprint density at radius 1 is 1.60 bits per heavy atom. The first kappa shape index (κ1) is 10.4. The maximum atomic E-state index is 12.9. The van der Waals surface area contributed by atoms with Gasteiger partial charge in [-0.1, -0.05) is 11.6 Å². The first-order valence-corrected chi connectivity index (χ1v) is 5.02. The summed E-state index contributed by atoms with van der Waals surface area (Å²) in [5, 5.41) is 1.88. The van der Waals surface area contributed by atoms with Gasteiger partial charge in [0.1, 0.15) is 12.1 Å². The van der Waals surface area contributed by atoms with E-state index >= 15 is 0 Å². The molecule has 0 aliphatic carbocycles. The van der Waals surface area contributed by atoms with Crippen LogP contribution >= 0.6 is 11.6 Å². The smallest absolute Gasteiger partial charge is 0.141 e. The summed E-state index contributed by atoms with van der Waals surface area (Å²) in [6.45, 7) is 0.714. The summed E-state index contributed by atoms with van der Waals surface area (Å²) in [5.41, 5.74) is 3.76. The van der Waals surface area contributed by atoms with Crippen molar-refractivity contribution in [1.82, 2.24) is 5.43 Å². The minimum atomic E-state index is -0.438. The number of nitrogens with zero attached hydrogens (tertiary/aromatic N) is 1. The number of hydrogen-bond donors (Lipinski definition) is 1. The quantitative estimate of drug-likeness (QED) is 0.783. The van der Waals surface area contributed by atoms with Gasteiger partial charge < -0.3 is 9.80 Å². The minimum absolute atomic E-state index is 0.0869. The van der Waals surface area contributed by atoms with Gasteiger partial charge in [0.15, 0.2) is 0 Å². The molecule has 1 aromatic rings. The second-order valence-electron chi connectivity index (χ2n) is 3.41. The summed E-state index contributed by atoms with van der Waals surface area (Å²) < 4.78 is 12.9. The van der Waals surface area contributed by atoms with Crippen molar-refractivity contribution >= 4 is 23.6 Å². The summed E-state index contributed by atoms with van der Waals surface area (Å²) >= 11 is 5.66. The highest BCUT2D eigenvalue weighted by Gasteiger charge is 2.21. The second kappa shape index (κ2) is 4.16. The molecule has 0 amide bonds. The van der Waals surface area contributed by atoms with Crippen LogP contribution in [-0.4, -0.2) is 18.9 Å². The number of carbonyl (C=O) groups excluding carboxylic acids is 1. The fraction of sp³-hybridized carbons (Fsp3) is 0.300. The molecule has 1 N–H and O–H groups in total. The molecule has 15 heavy (non-hydrogen) atoms. The molecule has 0 bridgehead atoms. The van der Waals surface area contributed by atoms with Gasteiger partial charge in [-0.3, -0.25) is 0 Å². The van der Waals surface area contributed by atoms with Crippen molar-refractivity contribution in [2.24, 2.45) is 0 Å². The molecule has 5 heteroatoms. The maximum absolute atomic E-state index is 12.9.